The number of fused-ring (bicyclic) bond motifs is 1. The van der Waals surface area contributed by atoms with Crippen molar-refractivity contribution < 1.29 is 22.7 Å². The number of rotatable bonds is 4. The fourth-order valence-corrected chi connectivity index (χ4v) is 2.98. The minimum atomic E-state index is -4.65. The molecule has 10 heteroatoms. The van der Waals surface area contributed by atoms with E-state index in [2.05, 4.69) is 19.9 Å². The van der Waals surface area contributed by atoms with Gasteiger partial charge in [0.25, 0.3) is 5.91 Å². The number of imidazole rings is 1. The maximum Gasteiger partial charge on any atom is 0.429 e. The Bertz CT molecular complexity index is 1130. The first-order chi connectivity index (χ1) is 13.8. The van der Waals surface area contributed by atoms with Gasteiger partial charge in [-0.1, -0.05) is 6.07 Å². The maximum atomic E-state index is 13.2. The molecule has 1 fully saturated rings. The predicted molar refractivity (Wildman–Crippen MR) is 98.1 cm³/mol. The topological polar surface area (TPSA) is 81.7 Å². The lowest BCUT2D eigenvalue weighted by Crippen LogP contribution is -2.26. The van der Waals surface area contributed by atoms with Crippen molar-refractivity contribution in [2.45, 2.75) is 25.9 Å². The predicted octanol–water partition coefficient (Wildman–Crippen LogP) is 3.66. The largest absolute Gasteiger partial charge is 0.481 e. The molecule has 0 N–H and O–H groups in total. The molecule has 3 heterocycles. The molecule has 1 aliphatic rings. The molecule has 7 nitrogen and oxygen atoms in total. The molecule has 1 aliphatic carbocycles. The summed E-state index contributed by atoms with van der Waals surface area (Å²) in [6.07, 6.45) is -2.56. The molecule has 0 spiro atoms. The van der Waals surface area contributed by atoms with Gasteiger partial charge in [-0.15, -0.1) is 0 Å². The number of hydrogen-bond acceptors (Lipinski definition) is 5. The zero-order valence-electron chi connectivity index (χ0n) is 15.6. The normalized spacial score (nSPS) is 15.0. The Labute approximate surface area is 163 Å². The summed E-state index contributed by atoms with van der Waals surface area (Å²) in [5.74, 6) is -1.40. The summed E-state index contributed by atoms with van der Waals surface area (Å²) in [7, 11) is 1.48. The highest BCUT2D eigenvalue weighted by Gasteiger charge is 2.46. The molecular formula is C19H16F3N5O2. The average molecular weight is 403 g/mol. The van der Waals surface area contributed by atoms with Crippen LogP contribution in [0.3, 0.4) is 0 Å². The van der Waals surface area contributed by atoms with Crippen LogP contribution in [-0.2, 0) is 0 Å². The van der Waals surface area contributed by atoms with E-state index in [1.54, 1.807) is 31.2 Å². The van der Waals surface area contributed by atoms with E-state index in [9.17, 15) is 18.0 Å². The van der Waals surface area contributed by atoms with Crippen molar-refractivity contribution in [3.8, 4) is 17.3 Å². The molecule has 3 aromatic heterocycles. The van der Waals surface area contributed by atoms with Gasteiger partial charge >= 0.3 is 6.18 Å². The van der Waals surface area contributed by atoms with Gasteiger partial charge in [-0.2, -0.15) is 13.2 Å². The molecule has 29 heavy (non-hydrogen) atoms. The third-order valence-corrected chi connectivity index (χ3v) is 4.57. The van der Waals surface area contributed by atoms with Crippen molar-refractivity contribution in [1.82, 2.24) is 19.4 Å². The highest BCUT2D eigenvalue weighted by molar-refractivity contribution is 6.08. The van der Waals surface area contributed by atoms with Crippen molar-refractivity contribution in [3.63, 3.8) is 0 Å². The smallest absolute Gasteiger partial charge is 0.429 e. The minimum Gasteiger partial charge on any atom is -0.481 e. The van der Waals surface area contributed by atoms with Crippen LogP contribution in [0, 0.1) is 12.8 Å². The quantitative estimate of drug-likeness (QED) is 0.621. The van der Waals surface area contributed by atoms with Crippen LogP contribution >= 0.6 is 0 Å². The molecule has 0 radical (unpaired) electrons. The van der Waals surface area contributed by atoms with E-state index in [0.29, 0.717) is 35.8 Å². The van der Waals surface area contributed by atoms with Crippen LogP contribution < -0.4 is 4.74 Å². The van der Waals surface area contributed by atoms with Gasteiger partial charge in [0.15, 0.2) is 11.3 Å². The molecule has 0 bridgehead atoms. The molecule has 3 aromatic rings. The zero-order valence-corrected chi connectivity index (χ0v) is 15.6. The Morgan fingerprint density at radius 3 is 2.66 bits per heavy atom. The second-order valence-corrected chi connectivity index (χ2v) is 6.71. The van der Waals surface area contributed by atoms with Crippen molar-refractivity contribution >= 4 is 17.3 Å². The summed E-state index contributed by atoms with van der Waals surface area (Å²) in [6, 6.07) is 6.86. The minimum absolute atomic E-state index is 0.121. The van der Waals surface area contributed by atoms with Gasteiger partial charge in [0.2, 0.25) is 5.88 Å². The third-order valence-electron chi connectivity index (χ3n) is 4.57. The van der Waals surface area contributed by atoms with Crippen molar-refractivity contribution in [1.29, 1.82) is 0 Å². The second-order valence-electron chi connectivity index (χ2n) is 6.71. The number of aryl methyl sites for hydroxylation is 1. The fraction of sp³-hybridized carbons (Fsp3) is 0.316. The van der Waals surface area contributed by atoms with Gasteiger partial charge in [0, 0.05) is 17.7 Å². The van der Waals surface area contributed by atoms with Gasteiger partial charge in [0.05, 0.1) is 18.5 Å². The second kappa shape index (κ2) is 6.94. The summed E-state index contributed by atoms with van der Waals surface area (Å²) < 4.78 is 46.2. The first-order valence-electron chi connectivity index (χ1n) is 8.84. The molecular weight excluding hydrogens is 387 g/mol. The lowest BCUT2D eigenvalue weighted by Gasteiger charge is -2.08. The first-order valence-corrected chi connectivity index (χ1v) is 8.84. The molecule has 1 saturated carbocycles. The van der Waals surface area contributed by atoms with Crippen LogP contribution in [-0.4, -0.2) is 44.3 Å². The zero-order chi connectivity index (χ0) is 20.8. The lowest BCUT2D eigenvalue weighted by molar-refractivity contribution is -0.0613. The van der Waals surface area contributed by atoms with Crippen LogP contribution in [0.25, 0.3) is 17.0 Å². The lowest BCUT2D eigenvalue weighted by atomic mass is 10.2. The van der Waals surface area contributed by atoms with Crippen LogP contribution in [0.4, 0.5) is 13.2 Å². The van der Waals surface area contributed by atoms with Gasteiger partial charge in [-0.3, -0.25) is 9.20 Å². The van der Waals surface area contributed by atoms with Crippen molar-refractivity contribution in [2.75, 3.05) is 7.11 Å². The van der Waals surface area contributed by atoms with Gasteiger partial charge in [-0.25, -0.2) is 19.9 Å². The molecule has 0 saturated heterocycles. The van der Waals surface area contributed by atoms with Gasteiger partial charge in [0.1, 0.15) is 12.0 Å². The number of alkyl halides is 3. The number of pyridine rings is 1. The number of carbonyl (C=O) groups is 1. The molecule has 150 valence electrons. The molecule has 0 atom stereocenters. The number of amides is 1. The Morgan fingerprint density at radius 1 is 1.24 bits per heavy atom. The Balaban J connectivity index is 1.80. The van der Waals surface area contributed by atoms with Crippen molar-refractivity contribution in [2.24, 2.45) is 10.9 Å². The number of nitrogens with zero attached hydrogens (tertiary/aromatic N) is 5. The Hall–Kier alpha value is -3.30. The summed E-state index contributed by atoms with van der Waals surface area (Å²) >= 11 is 0. The molecule has 1 amide bonds. The number of aliphatic imine (C=N–C) groups is 1. The van der Waals surface area contributed by atoms with Gasteiger partial charge in [-0.05, 0) is 31.9 Å². The van der Waals surface area contributed by atoms with Crippen LogP contribution in [0.1, 0.15) is 29.0 Å². The van der Waals surface area contributed by atoms with Gasteiger partial charge < -0.3 is 4.74 Å². The number of aromatic nitrogens is 4. The average Bonchev–Trinajstić information content (AvgIpc) is 3.42. The van der Waals surface area contributed by atoms with E-state index in [1.807, 2.05) is 0 Å². The van der Waals surface area contributed by atoms with Crippen LogP contribution in [0.15, 0.2) is 35.6 Å². The standard InChI is InChI=1S/C19H16F3N5O2/c1-10-8-13(12-4-3-5-14(24-12)29-2)25-17-15(23-9-27(10)17)18(28)26-16(11-6-7-11)19(20,21)22/h3-5,8-9,11H,6-7H2,1-2H3. The number of carbonyl (C=O) groups excluding carboxylic acids is 1. The number of ether oxygens (including phenoxy) is 1. The van der Waals surface area contributed by atoms with E-state index in [1.165, 1.54) is 17.8 Å². The maximum absolute atomic E-state index is 13.2. The third kappa shape index (κ3) is 3.69. The summed E-state index contributed by atoms with van der Waals surface area (Å²) in [5.41, 5.74) is 0.447. The van der Waals surface area contributed by atoms with E-state index in [4.69, 9.17) is 4.74 Å². The Morgan fingerprint density at radius 2 is 2.00 bits per heavy atom. The van der Waals surface area contributed by atoms with Crippen LogP contribution in [0.5, 0.6) is 5.88 Å². The summed E-state index contributed by atoms with van der Waals surface area (Å²) in [4.78, 5) is 28.6. The number of halogens is 3. The molecule has 4 rings (SSSR count). The highest BCUT2D eigenvalue weighted by atomic mass is 19.4. The molecule has 0 unspecified atom stereocenters. The summed E-state index contributed by atoms with van der Waals surface area (Å²) in [5, 5.41) is 0. The highest BCUT2D eigenvalue weighted by Crippen LogP contribution is 2.38. The first kappa shape index (κ1) is 19.0. The van der Waals surface area contributed by atoms with Crippen LogP contribution in [0.2, 0.25) is 0 Å². The SMILES string of the molecule is COc1cccc(-c2cc(C)n3cnc(C(=O)N=C(C4CC4)C(F)(F)F)c3n2)n1. The number of hydrogen-bond donors (Lipinski definition) is 0. The molecule has 0 aliphatic heterocycles. The Kier molecular flexibility index (Phi) is 4.56. The monoisotopic (exact) mass is 403 g/mol. The van der Waals surface area contributed by atoms with E-state index in [-0.39, 0.29) is 11.3 Å². The van der Waals surface area contributed by atoms with E-state index < -0.39 is 23.7 Å². The van der Waals surface area contributed by atoms with Crippen molar-refractivity contribution in [3.05, 3.63) is 42.0 Å². The van der Waals surface area contributed by atoms with E-state index in [0.717, 1.165) is 0 Å². The number of methoxy groups -OCH3 is 1. The van der Waals surface area contributed by atoms with E-state index >= 15 is 0 Å². The fourth-order valence-electron chi connectivity index (χ4n) is 2.98. The summed E-state index contributed by atoms with van der Waals surface area (Å²) in [6.45, 7) is 1.77. The molecule has 0 aromatic carbocycles.